The zero-order valence-corrected chi connectivity index (χ0v) is 18.8. The molecule has 2 amide bonds. The molecule has 6 heteroatoms. The van der Waals surface area contributed by atoms with Crippen molar-refractivity contribution >= 4 is 33.2 Å². The number of hydrogen-bond acceptors (Lipinski definition) is 4. The molecule has 0 bridgehead atoms. The molecule has 1 saturated heterocycles. The van der Waals surface area contributed by atoms with E-state index in [0.29, 0.717) is 6.42 Å². The van der Waals surface area contributed by atoms with Gasteiger partial charge in [-0.05, 0) is 50.1 Å². The molecule has 2 aromatic rings. The Labute approximate surface area is 177 Å². The topological polar surface area (TPSA) is 49.9 Å². The van der Waals surface area contributed by atoms with Crippen molar-refractivity contribution < 1.29 is 14.3 Å². The molecular formula is C23H32N2O3S. The molecule has 1 unspecified atom stereocenters. The van der Waals surface area contributed by atoms with E-state index < -0.39 is 0 Å². The van der Waals surface area contributed by atoms with Crippen molar-refractivity contribution in [1.29, 1.82) is 0 Å². The number of benzene rings is 1. The Morgan fingerprint density at radius 2 is 1.97 bits per heavy atom. The van der Waals surface area contributed by atoms with Gasteiger partial charge in [-0.15, -0.1) is 11.3 Å². The molecular weight excluding hydrogens is 384 g/mol. The van der Waals surface area contributed by atoms with Crippen LogP contribution in [0.3, 0.4) is 0 Å². The Morgan fingerprint density at radius 1 is 1.21 bits per heavy atom. The Kier molecular flexibility index (Phi) is 7.30. The van der Waals surface area contributed by atoms with E-state index in [9.17, 15) is 9.59 Å². The Balaban J connectivity index is 1.93. The summed E-state index contributed by atoms with van der Waals surface area (Å²) in [5.74, 6) is 0.0986. The van der Waals surface area contributed by atoms with Crippen LogP contribution in [0.25, 0.3) is 10.1 Å². The molecule has 1 aliphatic heterocycles. The second-order valence-corrected chi connectivity index (χ2v) is 9.31. The molecule has 1 aliphatic rings. The lowest BCUT2D eigenvalue weighted by molar-refractivity contribution is -0.139. The molecule has 0 N–H and O–H groups in total. The number of carbonyl (C=O) groups excluding carboxylic acids is 2. The number of likely N-dealkylation sites (tertiary alicyclic amines) is 1. The Morgan fingerprint density at radius 3 is 2.69 bits per heavy atom. The zero-order chi connectivity index (χ0) is 21.0. The van der Waals surface area contributed by atoms with Gasteiger partial charge in [-0.2, -0.15) is 0 Å². The fourth-order valence-corrected chi connectivity index (χ4v) is 5.21. The molecule has 29 heavy (non-hydrogen) atoms. The molecule has 3 rings (SSSR count). The van der Waals surface area contributed by atoms with Crippen LogP contribution in [-0.4, -0.2) is 61.0 Å². The second kappa shape index (κ2) is 9.72. The molecule has 1 aromatic heterocycles. The molecule has 5 nitrogen and oxygen atoms in total. The van der Waals surface area contributed by atoms with Crippen LogP contribution in [0, 0.1) is 0 Å². The van der Waals surface area contributed by atoms with Gasteiger partial charge >= 0.3 is 0 Å². The van der Waals surface area contributed by atoms with Gasteiger partial charge in [0.25, 0.3) is 5.91 Å². The van der Waals surface area contributed by atoms with E-state index in [-0.39, 0.29) is 30.6 Å². The summed E-state index contributed by atoms with van der Waals surface area (Å²) < 4.78 is 6.72. The number of hydrogen-bond donors (Lipinski definition) is 0. The van der Waals surface area contributed by atoms with Crippen molar-refractivity contribution in [1.82, 2.24) is 9.80 Å². The van der Waals surface area contributed by atoms with Gasteiger partial charge in [0.2, 0.25) is 5.91 Å². The summed E-state index contributed by atoms with van der Waals surface area (Å²) in [7, 11) is 3.59. The van der Waals surface area contributed by atoms with Gasteiger partial charge in [0.05, 0.1) is 11.0 Å². The van der Waals surface area contributed by atoms with Crippen molar-refractivity contribution in [2.75, 3.05) is 27.2 Å². The number of rotatable bonds is 6. The number of carbonyl (C=O) groups is 2. The predicted octanol–water partition coefficient (Wildman–Crippen LogP) is 4.34. The highest BCUT2D eigenvalue weighted by molar-refractivity contribution is 7.21. The average Bonchev–Trinajstić information content (AvgIpc) is 2.88. The molecule has 0 aliphatic carbocycles. The van der Waals surface area contributed by atoms with Crippen LogP contribution in [0.5, 0.6) is 0 Å². The van der Waals surface area contributed by atoms with Gasteiger partial charge in [0.1, 0.15) is 6.61 Å². The number of amides is 2. The number of ether oxygens (including phenoxy) is 1. The fourth-order valence-electron chi connectivity index (χ4n) is 3.95. The highest BCUT2D eigenvalue weighted by Crippen LogP contribution is 2.34. The zero-order valence-electron chi connectivity index (χ0n) is 17.9. The van der Waals surface area contributed by atoms with Crippen molar-refractivity contribution in [2.24, 2.45) is 0 Å². The highest BCUT2D eigenvalue weighted by atomic mass is 32.1. The van der Waals surface area contributed by atoms with Crippen molar-refractivity contribution in [2.45, 2.75) is 58.1 Å². The highest BCUT2D eigenvalue weighted by Gasteiger charge is 2.29. The van der Waals surface area contributed by atoms with Gasteiger partial charge in [0.15, 0.2) is 0 Å². The monoisotopic (exact) mass is 416 g/mol. The third-order valence-electron chi connectivity index (χ3n) is 5.48. The molecule has 0 saturated carbocycles. The first-order valence-corrected chi connectivity index (χ1v) is 11.3. The van der Waals surface area contributed by atoms with Gasteiger partial charge in [-0.25, -0.2) is 0 Å². The molecule has 158 valence electrons. The Hall–Kier alpha value is -1.92. The van der Waals surface area contributed by atoms with Crippen LogP contribution in [0.1, 0.15) is 54.8 Å². The van der Waals surface area contributed by atoms with E-state index in [2.05, 4.69) is 12.1 Å². The molecule has 1 fully saturated rings. The first-order valence-electron chi connectivity index (χ1n) is 10.5. The van der Waals surface area contributed by atoms with E-state index in [1.54, 1.807) is 30.3 Å². The first-order chi connectivity index (χ1) is 13.9. The van der Waals surface area contributed by atoms with Crippen molar-refractivity contribution in [3.63, 3.8) is 0 Å². The van der Waals surface area contributed by atoms with E-state index in [1.807, 2.05) is 30.9 Å². The molecule has 0 spiro atoms. The van der Waals surface area contributed by atoms with Gasteiger partial charge in [-0.1, -0.05) is 31.0 Å². The maximum Gasteiger partial charge on any atom is 0.263 e. The summed E-state index contributed by atoms with van der Waals surface area (Å²) in [4.78, 5) is 30.2. The van der Waals surface area contributed by atoms with Gasteiger partial charge in [0, 0.05) is 31.4 Å². The third kappa shape index (κ3) is 5.17. The van der Waals surface area contributed by atoms with Crippen LogP contribution in [-0.2, 0) is 16.0 Å². The standard InChI is InChI=1S/C23H32N2O3S/c1-16(2)28-15-21(26)25-13-9-5-6-10-17(25)14-19-18-11-7-8-12-20(18)29-22(19)23(27)24(3)4/h7-8,11-12,16-17H,5-6,9-10,13-15H2,1-4H3. The summed E-state index contributed by atoms with van der Waals surface area (Å²) in [6.45, 7) is 4.79. The lowest BCUT2D eigenvalue weighted by Gasteiger charge is -2.31. The van der Waals surface area contributed by atoms with Crippen molar-refractivity contribution in [3.8, 4) is 0 Å². The van der Waals surface area contributed by atoms with Gasteiger partial charge in [-0.3, -0.25) is 9.59 Å². The minimum atomic E-state index is 0.0366. The average molecular weight is 417 g/mol. The summed E-state index contributed by atoms with van der Waals surface area (Å²) in [6, 6.07) is 8.31. The number of fused-ring (bicyclic) bond motifs is 1. The van der Waals surface area contributed by atoms with E-state index >= 15 is 0 Å². The number of nitrogens with zero attached hydrogens (tertiary/aromatic N) is 2. The minimum absolute atomic E-state index is 0.0366. The molecule has 1 aromatic carbocycles. The summed E-state index contributed by atoms with van der Waals surface area (Å²) >= 11 is 1.56. The third-order valence-corrected chi connectivity index (χ3v) is 6.68. The van der Waals surface area contributed by atoms with E-state index in [0.717, 1.165) is 52.8 Å². The second-order valence-electron chi connectivity index (χ2n) is 8.26. The van der Waals surface area contributed by atoms with Gasteiger partial charge < -0.3 is 14.5 Å². The van der Waals surface area contributed by atoms with Crippen molar-refractivity contribution in [3.05, 3.63) is 34.7 Å². The normalized spacial score (nSPS) is 17.6. The van der Waals surface area contributed by atoms with E-state index in [1.165, 1.54) is 0 Å². The maximum absolute atomic E-state index is 12.9. The van der Waals surface area contributed by atoms with Crippen LogP contribution in [0.15, 0.2) is 24.3 Å². The lowest BCUT2D eigenvalue weighted by atomic mass is 9.97. The maximum atomic E-state index is 12.9. The first kappa shape index (κ1) is 21.8. The summed E-state index contributed by atoms with van der Waals surface area (Å²) in [6.07, 6.45) is 4.99. The SMILES string of the molecule is CC(C)OCC(=O)N1CCCCCC1Cc1c(C(=O)N(C)C)sc2ccccc12. The summed E-state index contributed by atoms with van der Waals surface area (Å²) in [5, 5.41) is 1.14. The van der Waals surface area contributed by atoms with Crippen LogP contribution < -0.4 is 0 Å². The molecule has 2 heterocycles. The summed E-state index contributed by atoms with van der Waals surface area (Å²) in [5.41, 5.74) is 1.08. The van der Waals surface area contributed by atoms with Crippen LogP contribution in [0.2, 0.25) is 0 Å². The largest absolute Gasteiger partial charge is 0.369 e. The Bertz CT molecular complexity index is 859. The molecule has 0 radical (unpaired) electrons. The van der Waals surface area contributed by atoms with E-state index in [4.69, 9.17) is 4.74 Å². The minimum Gasteiger partial charge on any atom is -0.369 e. The number of thiophene rings is 1. The lowest BCUT2D eigenvalue weighted by Crippen LogP contribution is -2.43. The molecule has 1 atom stereocenters. The fraction of sp³-hybridized carbons (Fsp3) is 0.565. The van der Waals surface area contributed by atoms with Crippen LogP contribution >= 0.6 is 11.3 Å². The quantitative estimate of drug-likeness (QED) is 0.704. The predicted molar refractivity (Wildman–Crippen MR) is 119 cm³/mol. The van der Waals surface area contributed by atoms with Crippen LogP contribution in [0.4, 0.5) is 0 Å². The smallest absolute Gasteiger partial charge is 0.263 e.